The third kappa shape index (κ3) is 8.49. The van der Waals surface area contributed by atoms with Crippen molar-refractivity contribution in [2.24, 2.45) is 0 Å². The average molecular weight is 664 g/mol. The minimum Gasteiger partial charge on any atom is -0.492 e. The average Bonchev–Trinajstić information content (AvgIpc) is 3.05. The molecule has 46 heavy (non-hydrogen) atoms. The van der Waals surface area contributed by atoms with Crippen molar-refractivity contribution in [3.05, 3.63) is 105 Å². The number of para-hydroxylation sites is 1. The molecule has 3 amide bonds. The zero-order valence-electron chi connectivity index (χ0n) is 26.2. The maximum atomic E-state index is 14.2. The molecule has 2 aliphatic heterocycles. The van der Waals surface area contributed by atoms with Gasteiger partial charge in [0, 0.05) is 50.2 Å². The van der Waals surface area contributed by atoms with Gasteiger partial charge in [-0.05, 0) is 66.1 Å². The first-order valence-corrected chi connectivity index (χ1v) is 16.4. The first-order chi connectivity index (χ1) is 22.2. The number of likely N-dealkylation sites (N-methyl/N-ethyl adjacent to an activating group) is 1. The van der Waals surface area contributed by atoms with Crippen molar-refractivity contribution in [1.29, 1.82) is 0 Å². The molecule has 2 bridgehead atoms. The summed E-state index contributed by atoms with van der Waals surface area (Å²) in [6, 6.07) is 23.2. The number of piperazine rings is 1. The van der Waals surface area contributed by atoms with E-state index in [1.165, 1.54) is 12.5 Å². The van der Waals surface area contributed by atoms with Crippen molar-refractivity contribution in [1.82, 2.24) is 20.4 Å². The number of hydrogen-bond acceptors (Lipinski definition) is 5. The van der Waals surface area contributed by atoms with Crippen LogP contribution in [0.1, 0.15) is 36.5 Å². The molecule has 0 unspecified atom stereocenters. The van der Waals surface area contributed by atoms with E-state index in [0.29, 0.717) is 60.5 Å². The zero-order chi connectivity index (χ0) is 32.6. The van der Waals surface area contributed by atoms with E-state index in [1.54, 1.807) is 9.80 Å². The van der Waals surface area contributed by atoms with Gasteiger partial charge >= 0.3 is 0 Å². The van der Waals surface area contributed by atoms with Gasteiger partial charge in [0.05, 0.1) is 24.2 Å². The van der Waals surface area contributed by atoms with Crippen LogP contribution in [0.5, 0.6) is 5.75 Å². The number of rotatable bonds is 12. The second-order valence-electron chi connectivity index (χ2n) is 11.9. The molecule has 242 valence electrons. The smallest absolute Gasteiger partial charge is 0.251 e. The predicted molar refractivity (Wildman–Crippen MR) is 182 cm³/mol. The van der Waals surface area contributed by atoms with Gasteiger partial charge in [0.2, 0.25) is 11.8 Å². The topological polar surface area (TPSA) is 91.0 Å². The molecule has 3 aromatic carbocycles. The lowest BCUT2D eigenvalue weighted by Crippen LogP contribution is -2.62. The van der Waals surface area contributed by atoms with Crippen molar-refractivity contribution in [2.45, 2.75) is 44.7 Å². The summed E-state index contributed by atoms with van der Waals surface area (Å²) in [6.45, 7) is 3.24. The van der Waals surface area contributed by atoms with E-state index in [0.717, 1.165) is 29.5 Å². The quantitative estimate of drug-likeness (QED) is 0.261. The number of amides is 3. The maximum absolute atomic E-state index is 14.2. The molecular formula is C36H40Cl2N4O4. The number of hydrogen-bond donors (Lipinski definition) is 2. The minimum atomic E-state index is -0.333. The van der Waals surface area contributed by atoms with Crippen molar-refractivity contribution in [3.8, 4) is 5.75 Å². The molecule has 1 saturated heterocycles. The van der Waals surface area contributed by atoms with Gasteiger partial charge in [0.1, 0.15) is 5.75 Å². The lowest BCUT2D eigenvalue weighted by Gasteiger charge is -2.44. The molecule has 1 fully saturated rings. The number of ether oxygens (including phenoxy) is 1. The Labute approximate surface area is 280 Å². The summed E-state index contributed by atoms with van der Waals surface area (Å²) in [5, 5.41) is 7.49. The van der Waals surface area contributed by atoms with Crippen LogP contribution in [0.4, 0.5) is 0 Å². The van der Waals surface area contributed by atoms with Crippen LogP contribution in [0.25, 0.3) is 5.57 Å². The van der Waals surface area contributed by atoms with Gasteiger partial charge in [-0.2, -0.15) is 0 Å². The normalized spacial score (nSPS) is 17.4. The van der Waals surface area contributed by atoms with E-state index in [4.69, 9.17) is 27.9 Å². The highest BCUT2D eigenvalue weighted by atomic mass is 35.5. The Morgan fingerprint density at radius 1 is 0.957 bits per heavy atom. The minimum absolute atomic E-state index is 0.0124. The zero-order valence-corrected chi connectivity index (χ0v) is 27.7. The first kappa shape index (κ1) is 33.5. The third-order valence-corrected chi connectivity index (χ3v) is 9.18. The molecule has 2 heterocycles. The molecule has 0 saturated carbocycles. The fraction of sp³-hybridized carbons (Fsp3) is 0.361. The fourth-order valence-corrected chi connectivity index (χ4v) is 6.49. The number of benzene rings is 3. The fourth-order valence-electron chi connectivity index (χ4n) is 6.07. The molecule has 0 aliphatic carbocycles. The number of aryl methyl sites for hydroxylation is 1. The molecule has 2 atom stereocenters. The van der Waals surface area contributed by atoms with Crippen LogP contribution in [0.15, 0.2) is 78.4 Å². The predicted octanol–water partition coefficient (Wildman–Crippen LogP) is 5.17. The maximum Gasteiger partial charge on any atom is 0.251 e. The number of nitrogens with one attached hydrogen (secondary N) is 2. The van der Waals surface area contributed by atoms with E-state index >= 15 is 0 Å². The second kappa shape index (κ2) is 15.6. The number of halogens is 2. The largest absolute Gasteiger partial charge is 0.492 e. The van der Waals surface area contributed by atoms with Crippen LogP contribution >= 0.6 is 23.2 Å². The highest BCUT2D eigenvalue weighted by Crippen LogP contribution is 2.34. The Kier molecular flexibility index (Phi) is 11.4. The van der Waals surface area contributed by atoms with E-state index in [-0.39, 0.29) is 36.3 Å². The number of nitrogens with zero attached hydrogens (tertiary/aromatic N) is 2. The number of fused-ring (bicyclic) bond motifs is 2. The van der Waals surface area contributed by atoms with Crippen molar-refractivity contribution >= 4 is 46.5 Å². The summed E-state index contributed by atoms with van der Waals surface area (Å²) in [4.78, 5) is 42.1. The monoisotopic (exact) mass is 662 g/mol. The summed E-state index contributed by atoms with van der Waals surface area (Å²) in [5.41, 5.74) is 4.86. The van der Waals surface area contributed by atoms with Gasteiger partial charge in [-0.3, -0.25) is 14.4 Å². The van der Waals surface area contributed by atoms with E-state index in [1.807, 2.05) is 55.6 Å². The van der Waals surface area contributed by atoms with Crippen LogP contribution in [0.2, 0.25) is 10.0 Å². The molecule has 5 rings (SSSR count). The van der Waals surface area contributed by atoms with Crippen LogP contribution in [-0.4, -0.2) is 79.4 Å². The molecule has 0 aromatic heterocycles. The summed E-state index contributed by atoms with van der Waals surface area (Å²) < 4.78 is 5.85. The van der Waals surface area contributed by atoms with Gasteiger partial charge < -0.3 is 25.2 Å². The van der Waals surface area contributed by atoms with Crippen LogP contribution in [0, 0.1) is 0 Å². The number of carbonyl (C=O) groups excluding carboxylic acids is 3. The molecule has 3 aromatic rings. The Morgan fingerprint density at radius 2 is 1.67 bits per heavy atom. The van der Waals surface area contributed by atoms with Crippen LogP contribution < -0.4 is 15.4 Å². The van der Waals surface area contributed by atoms with Crippen molar-refractivity contribution < 1.29 is 19.1 Å². The SMILES string of the molecule is CC(=O)NCC(=O)N1C[C@H]2CC(c3ccc(CCCOc4ccccc4Cl)cc3)=C(C(=O)N(C)CCc3ccccc3Cl)[C@@H](C1)N2. The van der Waals surface area contributed by atoms with Gasteiger partial charge in [0.25, 0.3) is 5.91 Å². The first-order valence-electron chi connectivity index (χ1n) is 15.7. The molecule has 8 nitrogen and oxygen atoms in total. The van der Waals surface area contributed by atoms with E-state index < -0.39 is 0 Å². The Hall–Kier alpha value is -3.85. The van der Waals surface area contributed by atoms with Gasteiger partial charge in [-0.1, -0.05) is 77.8 Å². The Morgan fingerprint density at radius 3 is 2.39 bits per heavy atom. The molecule has 0 radical (unpaired) electrons. The second-order valence-corrected chi connectivity index (χ2v) is 12.7. The number of carbonyl (C=O) groups is 3. The molecular weight excluding hydrogens is 623 g/mol. The lowest BCUT2D eigenvalue weighted by molar-refractivity contribution is -0.134. The summed E-state index contributed by atoms with van der Waals surface area (Å²) in [7, 11) is 1.81. The summed E-state index contributed by atoms with van der Waals surface area (Å²) in [5.74, 6) is 0.206. The molecule has 0 spiro atoms. The van der Waals surface area contributed by atoms with Crippen molar-refractivity contribution in [3.63, 3.8) is 0 Å². The lowest BCUT2D eigenvalue weighted by atomic mass is 9.82. The van der Waals surface area contributed by atoms with Gasteiger partial charge in [-0.15, -0.1) is 0 Å². The third-order valence-electron chi connectivity index (χ3n) is 8.50. The van der Waals surface area contributed by atoms with Gasteiger partial charge in [-0.25, -0.2) is 0 Å². The summed E-state index contributed by atoms with van der Waals surface area (Å²) >= 11 is 12.6. The Balaban J connectivity index is 1.33. The molecule has 10 heteroatoms. The van der Waals surface area contributed by atoms with E-state index in [9.17, 15) is 14.4 Å². The van der Waals surface area contributed by atoms with Crippen LogP contribution in [-0.2, 0) is 27.2 Å². The van der Waals surface area contributed by atoms with Gasteiger partial charge in [0.15, 0.2) is 0 Å². The summed E-state index contributed by atoms with van der Waals surface area (Å²) in [6.07, 6.45) is 2.91. The highest BCUT2D eigenvalue weighted by molar-refractivity contribution is 6.32. The van der Waals surface area contributed by atoms with Crippen molar-refractivity contribution in [2.75, 3.05) is 39.8 Å². The highest BCUT2D eigenvalue weighted by Gasteiger charge is 2.40. The molecule has 2 aliphatic rings. The van der Waals surface area contributed by atoms with Crippen LogP contribution in [0.3, 0.4) is 0 Å². The molecule has 2 N–H and O–H groups in total. The van der Waals surface area contributed by atoms with E-state index in [2.05, 4.69) is 34.9 Å². The Bertz CT molecular complexity index is 1590. The standard InChI is InChI=1S/C36H40Cl2N4O4/c1-24(43)39-21-34(44)42-22-28-20-29(26-15-13-25(14-16-26)8-7-19-46-33-12-6-5-11-31(33)38)35(32(23-42)40-28)36(45)41(2)18-17-27-9-3-4-10-30(27)37/h3-6,9-16,28,32,40H,7-8,17-23H2,1-2H3,(H,39,43)/t28-,32-/m1/s1.